The van der Waals surface area contributed by atoms with Gasteiger partial charge in [0, 0.05) is 38.8 Å². The molecule has 0 saturated carbocycles. The number of amides is 2. The predicted molar refractivity (Wildman–Crippen MR) is 146 cm³/mol. The number of carbonyl (C=O) groups excluding carboxylic acids is 2. The molecular formula is C26H47N4O7P. The van der Waals surface area contributed by atoms with Gasteiger partial charge in [0.05, 0.1) is 24.3 Å². The fourth-order valence-electron chi connectivity index (χ4n) is 4.80. The van der Waals surface area contributed by atoms with Gasteiger partial charge in [-0.2, -0.15) is 0 Å². The maximum atomic E-state index is 13.0. The van der Waals surface area contributed by atoms with E-state index in [1.165, 1.54) is 13.8 Å². The molecule has 2 aliphatic carbocycles. The topological polar surface area (TPSA) is 164 Å². The van der Waals surface area contributed by atoms with Crippen LogP contribution in [0, 0.1) is 0 Å². The first-order valence-corrected chi connectivity index (χ1v) is 14.9. The largest absolute Gasteiger partial charge is 0.423 e. The van der Waals surface area contributed by atoms with Gasteiger partial charge in [-0.1, -0.05) is 27.7 Å². The molecule has 12 heteroatoms. The standard InChI is InChI=1S/C26H47N4O7P/c1-7-17(8-2)34-23-13-19(11-21(27)25(23)29-15(5)31)36-38(33)37-20-12-22(28)26(30-16(6)32)24(14-20)35-18(9-3)10-4/h13-14,17-18,21-26,38H,7-12,27-28H2,1-6H3,(H,29,31)(H,30,32)/t21-,22-,23+,24+,25+,26+/m0/s1. The van der Waals surface area contributed by atoms with E-state index >= 15 is 0 Å². The maximum absolute atomic E-state index is 13.0. The lowest BCUT2D eigenvalue weighted by atomic mass is 9.92. The van der Waals surface area contributed by atoms with Crippen molar-refractivity contribution in [2.45, 2.75) is 129 Å². The van der Waals surface area contributed by atoms with Gasteiger partial charge < -0.3 is 40.6 Å². The van der Waals surface area contributed by atoms with Crippen LogP contribution in [0.1, 0.15) is 80.1 Å². The molecule has 0 spiro atoms. The van der Waals surface area contributed by atoms with E-state index in [2.05, 4.69) is 10.6 Å². The van der Waals surface area contributed by atoms with Crippen LogP contribution in [0.15, 0.2) is 23.7 Å². The summed E-state index contributed by atoms with van der Waals surface area (Å²) in [5.41, 5.74) is 12.7. The van der Waals surface area contributed by atoms with Crippen molar-refractivity contribution in [3.05, 3.63) is 23.7 Å². The van der Waals surface area contributed by atoms with Gasteiger partial charge in [0.15, 0.2) is 0 Å². The number of rotatable bonds is 14. The highest BCUT2D eigenvalue weighted by atomic mass is 31.1. The summed E-state index contributed by atoms with van der Waals surface area (Å²) in [5, 5.41) is 5.74. The second kappa shape index (κ2) is 15.6. The van der Waals surface area contributed by atoms with Crippen LogP contribution < -0.4 is 22.1 Å². The summed E-state index contributed by atoms with van der Waals surface area (Å²) in [6, 6.07) is -1.86. The molecule has 0 aromatic carbocycles. The van der Waals surface area contributed by atoms with E-state index in [1.54, 1.807) is 12.2 Å². The van der Waals surface area contributed by atoms with Crippen LogP contribution in [0.25, 0.3) is 0 Å². The third-order valence-corrected chi connectivity index (χ3v) is 7.75. The first-order valence-electron chi connectivity index (χ1n) is 13.7. The average molecular weight is 559 g/mol. The summed E-state index contributed by atoms with van der Waals surface area (Å²) in [7, 11) is -3.02. The summed E-state index contributed by atoms with van der Waals surface area (Å²) in [4.78, 5) is 23.5. The van der Waals surface area contributed by atoms with E-state index in [1.807, 2.05) is 27.7 Å². The van der Waals surface area contributed by atoms with Crippen molar-refractivity contribution in [2.24, 2.45) is 11.5 Å². The molecule has 0 aliphatic heterocycles. The zero-order valence-electron chi connectivity index (χ0n) is 23.5. The second-order valence-corrected chi connectivity index (χ2v) is 10.9. The minimum atomic E-state index is -3.02. The Kier molecular flexibility index (Phi) is 13.3. The van der Waals surface area contributed by atoms with Crippen molar-refractivity contribution in [2.75, 3.05) is 0 Å². The summed E-state index contributed by atoms with van der Waals surface area (Å²) >= 11 is 0. The van der Waals surface area contributed by atoms with E-state index in [9.17, 15) is 14.2 Å². The molecule has 6 N–H and O–H groups in total. The van der Waals surface area contributed by atoms with Gasteiger partial charge in [-0.05, 0) is 37.8 Å². The number of hydrogen-bond acceptors (Lipinski definition) is 9. The fraction of sp³-hybridized carbons (Fsp3) is 0.769. The third-order valence-electron chi connectivity index (χ3n) is 6.89. The van der Waals surface area contributed by atoms with Gasteiger partial charge in [-0.25, -0.2) is 4.57 Å². The zero-order chi connectivity index (χ0) is 28.4. The third kappa shape index (κ3) is 9.68. The second-order valence-electron chi connectivity index (χ2n) is 9.99. The molecule has 2 aliphatic rings. The van der Waals surface area contributed by atoms with Crippen molar-refractivity contribution < 1.29 is 32.7 Å². The highest BCUT2D eigenvalue weighted by Crippen LogP contribution is 2.38. The molecule has 0 aromatic heterocycles. The van der Waals surface area contributed by atoms with Crippen LogP contribution >= 0.6 is 8.25 Å². The number of hydrogen-bond donors (Lipinski definition) is 4. The van der Waals surface area contributed by atoms with Gasteiger partial charge >= 0.3 is 8.25 Å². The van der Waals surface area contributed by atoms with Gasteiger partial charge in [0.2, 0.25) is 11.8 Å². The maximum Gasteiger partial charge on any atom is 0.418 e. The molecule has 38 heavy (non-hydrogen) atoms. The quantitative estimate of drug-likeness (QED) is 0.235. The zero-order valence-corrected chi connectivity index (χ0v) is 24.5. The Balaban J connectivity index is 2.18. The molecule has 0 fully saturated rings. The van der Waals surface area contributed by atoms with Gasteiger partial charge in [0.1, 0.15) is 23.7 Å². The van der Waals surface area contributed by atoms with Gasteiger partial charge in [-0.3, -0.25) is 9.59 Å². The Morgan fingerprint density at radius 1 is 0.816 bits per heavy atom. The monoisotopic (exact) mass is 558 g/mol. The van der Waals surface area contributed by atoms with Crippen LogP contribution in [0.5, 0.6) is 0 Å². The summed E-state index contributed by atoms with van der Waals surface area (Å²) in [6.07, 6.45) is 6.05. The number of nitrogens with two attached hydrogens (primary N) is 2. The van der Waals surface area contributed by atoms with E-state index in [4.69, 9.17) is 30.0 Å². The molecule has 0 radical (unpaired) electrons. The predicted octanol–water partition coefficient (Wildman–Crippen LogP) is 2.80. The lowest BCUT2D eigenvalue weighted by molar-refractivity contribution is -0.122. The number of ether oxygens (including phenoxy) is 2. The molecule has 0 unspecified atom stereocenters. The molecule has 11 nitrogen and oxygen atoms in total. The molecule has 2 rings (SSSR count). The van der Waals surface area contributed by atoms with Crippen molar-refractivity contribution in [3.63, 3.8) is 0 Å². The molecule has 2 amide bonds. The van der Waals surface area contributed by atoms with E-state index in [0.29, 0.717) is 11.5 Å². The minimum Gasteiger partial charge on any atom is -0.423 e. The number of carbonyl (C=O) groups is 2. The Hall–Kier alpha value is -1.91. The molecule has 218 valence electrons. The Bertz CT molecular complexity index is 808. The lowest BCUT2D eigenvalue weighted by Crippen LogP contribution is -2.56. The van der Waals surface area contributed by atoms with E-state index < -0.39 is 44.6 Å². The summed E-state index contributed by atoms with van der Waals surface area (Å²) in [5.74, 6) is 0.365. The fourth-order valence-corrected chi connectivity index (χ4v) is 5.58. The Morgan fingerprint density at radius 2 is 1.16 bits per heavy atom. The van der Waals surface area contributed by atoms with Gasteiger partial charge in [0.25, 0.3) is 0 Å². The summed E-state index contributed by atoms with van der Waals surface area (Å²) in [6.45, 7) is 11.0. The molecule has 0 bridgehead atoms. The molecule has 0 aromatic rings. The van der Waals surface area contributed by atoms with Crippen molar-refractivity contribution in [3.8, 4) is 0 Å². The van der Waals surface area contributed by atoms with Crippen molar-refractivity contribution in [1.29, 1.82) is 0 Å². The minimum absolute atomic E-state index is 0.0234. The number of nitrogens with one attached hydrogen (secondary N) is 2. The molecule has 6 atom stereocenters. The van der Waals surface area contributed by atoms with Crippen molar-refractivity contribution >= 4 is 20.1 Å². The molecule has 0 saturated heterocycles. The van der Waals surface area contributed by atoms with Crippen LogP contribution in [0.4, 0.5) is 0 Å². The SMILES string of the molecule is CCC(CC)O[C@@H]1C=C(O[PH](=O)OC2=C[C@@H](OC(CC)CC)[C@H](NC(C)=O)[C@@H](N)C2)C[C@H](N)[C@H]1NC(C)=O. The van der Waals surface area contributed by atoms with Crippen LogP contribution in [0.2, 0.25) is 0 Å². The van der Waals surface area contributed by atoms with Crippen molar-refractivity contribution in [1.82, 2.24) is 10.6 Å². The van der Waals surface area contributed by atoms with Crippen LogP contribution in [0.3, 0.4) is 0 Å². The van der Waals surface area contributed by atoms with Crippen LogP contribution in [-0.4, -0.2) is 60.4 Å². The average Bonchev–Trinajstić information content (AvgIpc) is 2.84. The Labute approximate surface area is 227 Å². The smallest absolute Gasteiger partial charge is 0.418 e. The highest BCUT2D eigenvalue weighted by molar-refractivity contribution is 7.33. The lowest BCUT2D eigenvalue weighted by Gasteiger charge is -2.37. The Morgan fingerprint density at radius 3 is 1.45 bits per heavy atom. The normalized spacial score (nSPS) is 27.7. The van der Waals surface area contributed by atoms with E-state index in [-0.39, 0.29) is 36.9 Å². The summed E-state index contributed by atoms with van der Waals surface area (Å²) < 4.78 is 36.8. The van der Waals surface area contributed by atoms with Gasteiger partial charge in [-0.15, -0.1) is 0 Å². The first-order chi connectivity index (χ1) is 18.0. The van der Waals surface area contributed by atoms with Crippen LogP contribution in [-0.2, 0) is 32.7 Å². The molecule has 0 heterocycles. The van der Waals surface area contributed by atoms with E-state index in [0.717, 1.165) is 25.7 Å². The first kappa shape index (κ1) is 32.3. The molecular weight excluding hydrogens is 511 g/mol. The highest BCUT2D eigenvalue weighted by Gasteiger charge is 2.37.